The summed E-state index contributed by atoms with van der Waals surface area (Å²) in [5.74, 6) is -0.708. The lowest BCUT2D eigenvalue weighted by Crippen LogP contribution is -2.20. The maximum atomic E-state index is 11.9. The average Bonchev–Trinajstić information content (AvgIpc) is 2.84. The molecular formula is C15H19N5O4. The summed E-state index contributed by atoms with van der Waals surface area (Å²) in [5.41, 5.74) is 1.45. The van der Waals surface area contributed by atoms with Gasteiger partial charge >= 0.3 is 5.97 Å². The Balaban J connectivity index is 2.23. The molecule has 0 unspecified atom stereocenters. The minimum absolute atomic E-state index is 0.0717. The van der Waals surface area contributed by atoms with Gasteiger partial charge in [-0.2, -0.15) is 9.78 Å². The lowest BCUT2D eigenvalue weighted by molar-refractivity contribution is -0.137. The summed E-state index contributed by atoms with van der Waals surface area (Å²) in [6.07, 6.45) is 0.248. The number of aromatic nitrogens is 4. The molecule has 0 fully saturated rings. The Morgan fingerprint density at radius 3 is 2.62 bits per heavy atom. The van der Waals surface area contributed by atoms with Crippen molar-refractivity contribution >= 4 is 17.7 Å². The number of carbonyl (C=O) groups is 2. The molecule has 24 heavy (non-hydrogen) atoms. The number of nitrogens with one attached hydrogen (secondary N) is 2. The van der Waals surface area contributed by atoms with Crippen molar-refractivity contribution in [2.45, 2.75) is 40.0 Å². The summed E-state index contributed by atoms with van der Waals surface area (Å²) in [7, 11) is 0. The van der Waals surface area contributed by atoms with E-state index in [1.165, 1.54) is 4.68 Å². The van der Waals surface area contributed by atoms with E-state index in [2.05, 4.69) is 20.4 Å². The van der Waals surface area contributed by atoms with Crippen LogP contribution in [0.1, 0.15) is 36.2 Å². The average molecular weight is 333 g/mol. The molecule has 2 heterocycles. The molecule has 9 heteroatoms. The van der Waals surface area contributed by atoms with E-state index < -0.39 is 5.97 Å². The number of hydrogen-bond acceptors (Lipinski definition) is 5. The molecule has 128 valence electrons. The lowest BCUT2D eigenvalue weighted by atomic mass is 10.2. The standard InChI is InChI=1S/C15H19N5O4/c1-8-7-11(17-12(21)5-4-6-13(22)23)20(19-8)15-16-10(3)9(2)14(24)18-15/h7H,4-6H2,1-3H3,(H,17,21)(H,22,23)(H,16,18,24). The smallest absolute Gasteiger partial charge is 0.303 e. The van der Waals surface area contributed by atoms with Gasteiger partial charge in [-0.05, 0) is 27.2 Å². The summed E-state index contributed by atoms with van der Waals surface area (Å²) in [4.78, 5) is 41.2. The summed E-state index contributed by atoms with van der Waals surface area (Å²) in [6.45, 7) is 5.13. The molecule has 0 bridgehead atoms. The third kappa shape index (κ3) is 4.06. The number of rotatable bonds is 6. The number of aryl methyl sites for hydroxylation is 2. The van der Waals surface area contributed by atoms with E-state index in [1.807, 2.05) is 0 Å². The van der Waals surface area contributed by atoms with E-state index in [-0.39, 0.29) is 36.7 Å². The number of carboxylic acids is 1. The second-order valence-electron chi connectivity index (χ2n) is 5.48. The molecule has 0 saturated heterocycles. The first-order valence-electron chi connectivity index (χ1n) is 7.44. The third-order valence-electron chi connectivity index (χ3n) is 3.48. The van der Waals surface area contributed by atoms with Crippen molar-refractivity contribution in [2.75, 3.05) is 5.32 Å². The molecule has 0 aliphatic heterocycles. The first-order valence-corrected chi connectivity index (χ1v) is 7.44. The fourth-order valence-corrected chi connectivity index (χ4v) is 2.09. The predicted octanol–water partition coefficient (Wildman–Crippen LogP) is 1.07. The molecule has 0 aliphatic rings. The Labute approximate surface area is 137 Å². The Kier molecular flexibility index (Phi) is 5.12. The van der Waals surface area contributed by atoms with Crippen molar-refractivity contribution in [3.05, 3.63) is 33.4 Å². The van der Waals surface area contributed by atoms with Gasteiger partial charge in [0.2, 0.25) is 11.9 Å². The number of aromatic amines is 1. The number of H-pyrrole nitrogens is 1. The van der Waals surface area contributed by atoms with Gasteiger partial charge in [0.25, 0.3) is 5.56 Å². The molecule has 3 N–H and O–H groups in total. The van der Waals surface area contributed by atoms with Gasteiger partial charge in [0.1, 0.15) is 5.82 Å². The van der Waals surface area contributed by atoms with Gasteiger partial charge in [-0.3, -0.25) is 19.4 Å². The van der Waals surface area contributed by atoms with Crippen molar-refractivity contribution in [2.24, 2.45) is 0 Å². The summed E-state index contributed by atoms with van der Waals surface area (Å²) in [6, 6.07) is 1.64. The van der Waals surface area contributed by atoms with Crippen LogP contribution in [-0.4, -0.2) is 36.7 Å². The van der Waals surface area contributed by atoms with E-state index in [1.54, 1.807) is 26.8 Å². The SMILES string of the molecule is Cc1cc(NC(=O)CCCC(=O)O)n(-c2nc(C)c(C)c(=O)[nH]2)n1. The highest BCUT2D eigenvalue weighted by molar-refractivity contribution is 5.90. The number of hydrogen-bond donors (Lipinski definition) is 3. The lowest BCUT2D eigenvalue weighted by Gasteiger charge is -2.09. The molecule has 2 aromatic rings. The molecule has 0 atom stereocenters. The van der Waals surface area contributed by atoms with Crippen LogP contribution < -0.4 is 10.9 Å². The zero-order valence-corrected chi connectivity index (χ0v) is 13.7. The number of amides is 1. The van der Waals surface area contributed by atoms with E-state index in [4.69, 9.17) is 5.11 Å². The van der Waals surface area contributed by atoms with Crippen LogP contribution in [0.4, 0.5) is 5.82 Å². The quantitative estimate of drug-likeness (QED) is 0.725. The maximum Gasteiger partial charge on any atom is 0.303 e. The van der Waals surface area contributed by atoms with Crippen molar-refractivity contribution in [3.8, 4) is 5.95 Å². The monoisotopic (exact) mass is 333 g/mol. The number of anilines is 1. The second kappa shape index (κ2) is 7.07. The molecule has 0 radical (unpaired) electrons. The van der Waals surface area contributed by atoms with Crippen LogP contribution in [0, 0.1) is 20.8 Å². The minimum atomic E-state index is -0.944. The van der Waals surface area contributed by atoms with Crippen molar-refractivity contribution in [1.29, 1.82) is 0 Å². The van der Waals surface area contributed by atoms with E-state index >= 15 is 0 Å². The maximum absolute atomic E-state index is 11.9. The van der Waals surface area contributed by atoms with Gasteiger partial charge in [0, 0.05) is 30.2 Å². The van der Waals surface area contributed by atoms with Crippen LogP contribution in [0.25, 0.3) is 5.95 Å². The number of aliphatic carboxylic acids is 1. The zero-order chi connectivity index (χ0) is 17.9. The molecular weight excluding hydrogens is 314 g/mol. The Morgan fingerprint density at radius 2 is 2.00 bits per heavy atom. The van der Waals surface area contributed by atoms with Gasteiger partial charge in [-0.15, -0.1) is 0 Å². The highest BCUT2D eigenvalue weighted by Gasteiger charge is 2.14. The minimum Gasteiger partial charge on any atom is -0.481 e. The van der Waals surface area contributed by atoms with Crippen molar-refractivity contribution in [1.82, 2.24) is 19.7 Å². The number of carboxylic acid groups (broad SMARTS) is 1. The largest absolute Gasteiger partial charge is 0.481 e. The molecule has 2 aromatic heterocycles. The summed E-state index contributed by atoms with van der Waals surface area (Å²) < 4.78 is 1.35. The van der Waals surface area contributed by atoms with Crippen LogP contribution in [0.5, 0.6) is 0 Å². The van der Waals surface area contributed by atoms with Crippen LogP contribution in [0.2, 0.25) is 0 Å². The summed E-state index contributed by atoms with van der Waals surface area (Å²) in [5, 5.41) is 15.5. The van der Waals surface area contributed by atoms with E-state index in [9.17, 15) is 14.4 Å². The van der Waals surface area contributed by atoms with Crippen LogP contribution in [-0.2, 0) is 9.59 Å². The van der Waals surface area contributed by atoms with Gasteiger partial charge in [0.15, 0.2) is 0 Å². The molecule has 0 saturated carbocycles. The predicted molar refractivity (Wildman–Crippen MR) is 86.3 cm³/mol. The highest BCUT2D eigenvalue weighted by Crippen LogP contribution is 2.15. The number of carbonyl (C=O) groups excluding carboxylic acids is 1. The molecule has 0 aromatic carbocycles. The van der Waals surface area contributed by atoms with Crippen LogP contribution in [0.15, 0.2) is 10.9 Å². The Morgan fingerprint density at radius 1 is 1.29 bits per heavy atom. The van der Waals surface area contributed by atoms with Crippen LogP contribution >= 0.6 is 0 Å². The fraction of sp³-hybridized carbons (Fsp3) is 0.400. The van der Waals surface area contributed by atoms with Gasteiger partial charge in [0.05, 0.1) is 5.69 Å². The second-order valence-corrected chi connectivity index (χ2v) is 5.48. The molecule has 1 amide bonds. The first kappa shape index (κ1) is 17.4. The van der Waals surface area contributed by atoms with Gasteiger partial charge in [-0.25, -0.2) is 4.98 Å². The molecule has 9 nitrogen and oxygen atoms in total. The first-order chi connectivity index (χ1) is 11.3. The molecule has 0 aliphatic carbocycles. The third-order valence-corrected chi connectivity index (χ3v) is 3.48. The number of nitrogens with zero attached hydrogens (tertiary/aromatic N) is 3. The van der Waals surface area contributed by atoms with E-state index in [0.717, 1.165) is 0 Å². The fourth-order valence-electron chi connectivity index (χ4n) is 2.09. The normalized spacial score (nSPS) is 10.6. The Bertz CT molecular complexity index is 837. The highest BCUT2D eigenvalue weighted by atomic mass is 16.4. The van der Waals surface area contributed by atoms with Crippen molar-refractivity contribution in [3.63, 3.8) is 0 Å². The van der Waals surface area contributed by atoms with E-state index in [0.29, 0.717) is 22.8 Å². The Hall–Kier alpha value is -2.97. The zero-order valence-electron chi connectivity index (χ0n) is 13.7. The molecule has 0 spiro atoms. The van der Waals surface area contributed by atoms with Crippen LogP contribution in [0.3, 0.4) is 0 Å². The topological polar surface area (TPSA) is 130 Å². The summed E-state index contributed by atoms with van der Waals surface area (Å²) >= 11 is 0. The van der Waals surface area contributed by atoms with Crippen molar-refractivity contribution < 1.29 is 14.7 Å². The van der Waals surface area contributed by atoms with Gasteiger partial charge < -0.3 is 10.4 Å². The molecule has 2 rings (SSSR count). The van der Waals surface area contributed by atoms with Gasteiger partial charge in [-0.1, -0.05) is 0 Å².